The average molecular weight is 130 g/mol. The van der Waals surface area contributed by atoms with Gasteiger partial charge in [-0.1, -0.05) is 0 Å². The van der Waals surface area contributed by atoms with Crippen molar-refractivity contribution in [1.82, 2.24) is 0 Å². The number of carbonyl (C=O) groups excluding carboxylic acids is 1. The lowest BCUT2D eigenvalue weighted by atomic mass is 10.7. The van der Waals surface area contributed by atoms with Crippen LogP contribution in [0.4, 0.5) is 4.79 Å². The lowest BCUT2D eigenvalue weighted by Crippen LogP contribution is -2.10. The third-order valence-electron chi connectivity index (χ3n) is 0.769. The zero-order valence-corrected chi connectivity index (χ0v) is 4.66. The summed E-state index contributed by atoms with van der Waals surface area (Å²) in [5, 5.41) is 0. The first-order valence-electron chi connectivity index (χ1n) is 2.36. The lowest BCUT2D eigenvalue weighted by molar-refractivity contribution is 0.0890. The first kappa shape index (κ1) is 6.03. The van der Waals surface area contributed by atoms with Crippen LogP contribution in [0.5, 0.6) is 0 Å². The molecule has 0 bridgehead atoms. The molecule has 0 spiro atoms. The highest BCUT2D eigenvalue weighted by atomic mass is 16.7. The zero-order chi connectivity index (χ0) is 6.69. The van der Waals surface area contributed by atoms with Crippen molar-refractivity contribution in [2.75, 3.05) is 13.4 Å². The van der Waals surface area contributed by atoms with Crippen LogP contribution in [0, 0.1) is 0 Å². The van der Waals surface area contributed by atoms with Crippen LogP contribution in [-0.2, 0) is 9.47 Å². The van der Waals surface area contributed by atoms with Crippen LogP contribution in [0.15, 0.2) is 4.99 Å². The van der Waals surface area contributed by atoms with Crippen LogP contribution in [0.1, 0.15) is 0 Å². The predicted molar refractivity (Wildman–Crippen MR) is 28.9 cm³/mol. The van der Waals surface area contributed by atoms with E-state index in [1.54, 1.807) is 0 Å². The molecule has 0 unspecified atom stereocenters. The molecule has 0 radical (unpaired) electrons. The van der Waals surface area contributed by atoms with Gasteiger partial charge in [0.25, 0.3) is 0 Å². The molecule has 5 heteroatoms. The van der Waals surface area contributed by atoms with Crippen molar-refractivity contribution in [1.29, 1.82) is 0 Å². The number of amides is 2. The van der Waals surface area contributed by atoms with E-state index in [0.717, 1.165) is 0 Å². The van der Waals surface area contributed by atoms with E-state index >= 15 is 0 Å². The van der Waals surface area contributed by atoms with E-state index in [4.69, 9.17) is 15.2 Å². The summed E-state index contributed by atoms with van der Waals surface area (Å²) in [6.45, 7) is 0.398. The zero-order valence-electron chi connectivity index (χ0n) is 4.66. The standard InChI is InChI=1S/C4H6N2O3/c5-4(7)6-3-1-8-2-9-3/h1-2H2,(H2,5,7). The Hall–Kier alpha value is -1.10. The van der Waals surface area contributed by atoms with Crippen molar-refractivity contribution in [3.8, 4) is 0 Å². The number of carbonyl (C=O) groups is 1. The molecular formula is C4H6N2O3. The number of nitrogens with two attached hydrogens (primary N) is 1. The maximum Gasteiger partial charge on any atom is 0.341 e. The highest BCUT2D eigenvalue weighted by Gasteiger charge is 2.09. The summed E-state index contributed by atoms with van der Waals surface area (Å²) < 4.78 is 9.39. The normalized spacial score (nSPS) is 22.0. The van der Waals surface area contributed by atoms with Crippen LogP contribution < -0.4 is 5.73 Å². The first-order valence-corrected chi connectivity index (χ1v) is 2.36. The fourth-order valence-electron chi connectivity index (χ4n) is 0.468. The van der Waals surface area contributed by atoms with Gasteiger partial charge >= 0.3 is 6.03 Å². The molecule has 1 saturated heterocycles. The third-order valence-corrected chi connectivity index (χ3v) is 0.769. The predicted octanol–water partition coefficient (Wildman–Crippen LogP) is -0.532. The van der Waals surface area contributed by atoms with Gasteiger partial charge in [0, 0.05) is 0 Å². The van der Waals surface area contributed by atoms with Gasteiger partial charge in [0.1, 0.15) is 6.61 Å². The van der Waals surface area contributed by atoms with E-state index in [1.807, 2.05) is 0 Å². The van der Waals surface area contributed by atoms with Crippen LogP contribution in [0.25, 0.3) is 0 Å². The summed E-state index contributed by atoms with van der Waals surface area (Å²) >= 11 is 0. The summed E-state index contributed by atoms with van der Waals surface area (Å²) in [5.41, 5.74) is 4.71. The van der Waals surface area contributed by atoms with Gasteiger partial charge in [-0.2, -0.15) is 4.99 Å². The van der Waals surface area contributed by atoms with Crippen molar-refractivity contribution in [2.45, 2.75) is 0 Å². The molecule has 2 amide bonds. The second kappa shape index (κ2) is 2.45. The molecule has 2 N–H and O–H groups in total. The molecule has 1 heterocycles. The second-order valence-electron chi connectivity index (χ2n) is 1.45. The van der Waals surface area contributed by atoms with Crippen molar-refractivity contribution in [3.63, 3.8) is 0 Å². The van der Waals surface area contributed by atoms with Crippen LogP contribution >= 0.6 is 0 Å². The summed E-state index contributed by atoms with van der Waals surface area (Å²) in [7, 11) is 0. The quantitative estimate of drug-likeness (QED) is 0.479. The number of primary amides is 1. The smallest absolute Gasteiger partial charge is 0.341 e. The van der Waals surface area contributed by atoms with Crippen LogP contribution in [-0.4, -0.2) is 25.3 Å². The van der Waals surface area contributed by atoms with Crippen LogP contribution in [0.2, 0.25) is 0 Å². The van der Waals surface area contributed by atoms with E-state index in [2.05, 4.69) is 4.99 Å². The highest BCUT2D eigenvalue weighted by Crippen LogP contribution is 1.94. The van der Waals surface area contributed by atoms with E-state index in [1.165, 1.54) is 0 Å². The number of rotatable bonds is 0. The minimum atomic E-state index is -0.754. The monoisotopic (exact) mass is 130 g/mol. The molecule has 1 rings (SSSR count). The van der Waals surface area contributed by atoms with Gasteiger partial charge in [-0.05, 0) is 0 Å². The van der Waals surface area contributed by atoms with Gasteiger partial charge in [-0.25, -0.2) is 4.79 Å². The van der Waals surface area contributed by atoms with Crippen LogP contribution in [0.3, 0.4) is 0 Å². The number of hydrogen-bond donors (Lipinski definition) is 1. The lowest BCUT2D eigenvalue weighted by Gasteiger charge is -1.88. The molecule has 5 nitrogen and oxygen atoms in total. The number of hydrogen-bond acceptors (Lipinski definition) is 3. The van der Waals surface area contributed by atoms with E-state index < -0.39 is 6.03 Å². The van der Waals surface area contributed by atoms with E-state index in [0.29, 0.717) is 0 Å². The molecule has 0 atom stereocenters. The van der Waals surface area contributed by atoms with Gasteiger partial charge in [0.05, 0.1) is 0 Å². The Kier molecular flexibility index (Phi) is 1.64. The number of aliphatic imine (C=N–C) groups is 1. The summed E-state index contributed by atoms with van der Waals surface area (Å²) in [4.78, 5) is 13.3. The molecular weight excluding hydrogens is 124 g/mol. The highest BCUT2D eigenvalue weighted by molar-refractivity contribution is 5.90. The molecule has 1 fully saturated rings. The summed E-state index contributed by atoms with van der Waals surface area (Å²) in [6, 6.07) is -0.754. The summed E-state index contributed by atoms with van der Waals surface area (Å²) in [6.07, 6.45) is 0. The van der Waals surface area contributed by atoms with E-state index in [9.17, 15) is 4.79 Å². The fourth-order valence-corrected chi connectivity index (χ4v) is 0.468. The molecule has 1 aliphatic heterocycles. The Bertz CT molecular complexity index is 146. The second-order valence-corrected chi connectivity index (χ2v) is 1.45. The molecule has 1 aliphatic rings. The van der Waals surface area contributed by atoms with Gasteiger partial charge in [0.15, 0.2) is 6.79 Å². The maximum absolute atomic E-state index is 10.1. The van der Waals surface area contributed by atoms with E-state index in [-0.39, 0.29) is 19.3 Å². The largest absolute Gasteiger partial charge is 0.452 e. The van der Waals surface area contributed by atoms with Gasteiger partial charge < -0.3 is 15.2 Å². The summed E-state index contributed by atoms with van der Waals surface area (Å²) in [5.74, 6) is 0.252. The molecule has 9 heavy (non-hydrogen) atoms. The molecule has 50 valence electrons. The topological polar surface area (TPSA) is 73.9 Å². The minimum Gasteiger partial charge on any atom is -0.452 e. The fraction of sp³-hybridized carbons (Fsp3) is 0.500. The molecule has 0 saturated carbocycles. The Balaban J connectivity index is 2.49. The average Bonchev–Trinajstić information content (AvgIpc) is 2.15. The maximum atomic E-state index is 10.1. The molecule has 0 aliphatic carbocycles. The van der Waals surface area contributed by atoms with Gasteiger partial charge in [-0.3, -0.25) is 0 Å². The third kappa shape index (κ3) is 1.69. The van der Waals surface area contributed by atoms with Gasteiger partial charge in [0.2, 0.25) is 5.90 Å². The van der Waals surface area contributed by atoms with Gasteiger partial charge in [-0.15, -0.1) is 0 Å². The Morgan fingerprint density at radius 3 is 3.00 bits per heavy atom. The minimum absolute atomic E-state index is 0.159. The molecule has 0 aromatic heterocycles. The number of urea groups is 1. The Morgan fingerprint density at radius 1 is 1.78 bits per heavy atom. The van der Waals surface area contributed by atoms with Crippen molar-refractivity contribution in [2.24, 2.45) is 10.7 Å². The first-order chi connectivity index (χ1) is 4.29. The van der Waals surface area contributed by atoms with Crippen molar-refractivity contribution < 1.29 is 14.3 Å². The van der Waals surface area contributed by atoms with Crippen molar-refractivity contribution >= 4 is 11.9 Å². The number of nitrogens with zero attached hydrogens (tertiary/aromatic N) is 1. The Morgan fingerprint density at radius 2 is 2.56 bits per heavy atom. The Labute approximate surface area is 51.5 Å². The molecule has 0 aromatic carbocycles. The SMILES string of the molecule is NC(=O)N=C1COCO1. The van der Waals surface area contributed by atoms with Crippen molar-refractivity contribution in [3.05, 3.63) is 0 Å². The molecule has 0 aromatic rings. The number of ether oxygens (including phenoxy) is 2.